The lowest BCUT2D eigenvalue weighted by atomic mass is 9.87. The molecule has 1 aromatic carbocycles. The van der Waals surface area contributed by atoms with Gasteiger partial charge in [0.1, 0.15) is 6.04 Å². The summed E-state index contributed by atoms with van der Waals surface area (Å²) in [6.07, 6.45) is 0. The fraction of sp³-hybridized carbons (Fsp3) is 0.579. The molecule has 0 radical (unpaired) electrons. The molecule has 2 aliphatic rings. The molecule has 3 rings (SSSR count). The van der Waals surface area contributed by atoms with Crippen LogP contribution in [0.1, 0.15) is 38.8 Å². The molecular weight excluding hydrogens is 302 g/mol. The van der Waals surface area contributed by atoms with Crippen molar-refractivity contribution in [3.8, 4) is 0 Å². The summed E-state index contributed by atoms with van der Waals surface area (Å²) in [5, 5.41) is 0. The van der Waals surface area contributed by atoms with Crippen LogP contribution >= 0.6 is 0 Å². The molecule has 3 amide bonds. The molecular formula is C19H27N3O2. The average molecular weight is 329 g/mol. The number of carbonyl (C=O) groups is 2. The third-order valence-electron chi connectivity index (χ3n) is 5.14. The molecule has 2 fully saturated rings. The maximum absolute atomic E-state index is 12.7. The molecule has 130 valence electrons. The Morgan fingerprint density at radius 1 is 1.08 bits per heavy atom. The number of likely N-dealkylation sites (N-methyl/N-ethyl adjacent to an activating group) is 1. The predicted molar refractivity (Wildman–Crippen MR) is 93.7 cm³/mol. The molecule has 0 spiro atoms. The number of piperazine rings is 1. The van der Waals surface area contributed by atoms with Crippen LogP contribution in [-0.4, -0.2) is 58.9 Å². The van der Waals surface area contributed by atoms with Gasteiger partial charge in [0, 0.05) is 26.7 Å². The summed E-state index contributed by atoms with van der Waals surface area (Å²) < 4.78 is 0. The van der Waals surface area contributed by atoms with E-state index in [1.165, 1.54) is 5.56 Å². The SMILES string of the molecule is C[C@H]1C(=O)N(C)C[C@H]2CN(Cc3ccc(C(C)(C)C)cc3)C(=O)N21. The van der Waals surface area contributed by atoms with Crippen molar-refractivity contribution < 1.29 is 9.59 Å². The molecule has 2 aliphatic heterocycles. The first-order valence-electron chi connectivity index (χ1n) is 8.60. The molecule has 2 saturated heterocycles. The van der Waals surface area contributed by atoms with E-state index in [2.05, 4.69) is 45.0 Å². The average Bonchev–Trinajstić information content (AvgIpc) is 2.80. The second kappa shape index (κ2) is 5.80. The molecule has 0 aliphatic carbocycles. The fourth-order valence-electron chi connectivity index (χ4n) is 3.67. The first kappa shape index (κ1) is 16.8. The van der Waals surface area contributed by atoms with Crippen molar-refractivity contribution in [2.24, 2.45) is 0 Å². The number of fused-ring (bicyclic) bond motifs is 1. The lowest BCUT2D eigenvalue weighted by Crippen LogP contribution is -2.58. The Labute approximate surface area is 144 Å². The number of amides is 3. The highest BCUT2D eigenvalue weighted by Crippen LogP contribution is 2.27. The molecule has 5 heteroatoms. The van der Waals surface area contributed by atoms with Crippen LogP contribution in [0, 0.1) is 0 Å². The summed E-state index contributed by atoms with van der Waals surface area (Å²) in [6.45, 7) is 10.3. The third kappa shape index (κ3) is 2.87. The summed E-state index contributed by atoms with van der Waals surface area (Å²) in [5.74, 6) is 0.0241. The van der Waals surface area contributed by atoms with E-state index in [0.717, 1.165) is 5.56 Å². The van der Waals surface area contributed by atoms with E-state index in [9.17, 15) is 9.59 Å². The number of urea groups is 1. The standard InChI is InChI=1S/C19H27N3O2/c1-13-17(23)20(5)11-16-12-21(18(24)22(13)16)10-14-6-8-15(9-7-14)19(2,3)4/h6-9,13,16H,10-12H2,1-5H3/t13-,16-/m0/s1. The Hall–Kier alpha value is -2.04. The Bertz CT molecular complexity index is 648. The van der Waals surface area contributed by atoms with Gasteiger partial charge >= 0.3 is 6.03 Å². The number of rotatable bonds is 2. The van der Waals surface area contributed by atoms with E-state index in [1.807, 2.05) is 18.9 Å². The normalized spacial score (nSPS) is 24.6. The molecule has 2 atom stereocenters. The first-order chi connectivity index (χ1) is 11.2. The molecule has 24 heavy (non-hydrogen) atoms. The van der Waals surface area contributed by atoms with Crippen LogP contribution in [0.5, 0.6) is 0 Å². The van der Waals surface area contributed by atoms with Crippen LogP contribution in [0.4, 0.5) is 4.79 Å². The highest BCUT2D eigenvalue weighted by Gasteiger charge is 2.46. The molecule has 0 aromatic heterocycles. The second-order valence-corrected chi connectivity index (χ2v) is 8.07. The molecule has 1 aromatic rings. The fourth-order valence-corrected chi connectivity index (χ4v) is 3.67. The zero-order valence-electron chi connectivity index (χ0n) is 15.2. The van der Waals surface area contributed by atoms with Crippen LogP contribution in [0.25, 0.3) is 0 Å². The van der Waals surface area contributed by atoms with Crippen molar-refractivity contribution in [2.75, 3.05) is 20.1 Å². The highest BCUT2D eigenvalue weighted by molar-refractivity contribution is 5.89. The van der Waals surface area contributed by atoms with Gasteiger partial charge in [-0.15, -0.1) is 0 Å². The second-order valence-electron chi connectivity index (χ2n) is 8.07. The third-order valence-corrected chi connectivity index (χ3v) is 5.14. The quantitative estimate of drug-likeness (QED) is 0.836. The van der Waals surface area contributed by atoms with Crippen molar-refractivity contribution in [1.29, 1.82) is 0 Å². The van der Waals surface area contributed by atoms with Crippen LogP contribution in [0.3, 0.4) is 0 Å². The van der Waals surface area contributed by atoms with E-state index >= 15 is 0 Å². The van der Waals surface area contributed by atoms with Gasteiger partial charge in [-0.1, -0.05) is 45.0 Å². The van der Waals surface area contributed by atoms with E-state index in [-0.39, 0.29) is 29.4 Å². The van der Waals surface area contributed by atoms with Gasteiger partial charge in [-0.3, -0.25) is 4.79 Å². The van der Waals surface area contributed by atoms with Crippen LogP contribution in [0.2, 0.25) is 0 Å². The van der Waals surface area contributed by atoms with Gasteiger partial charge in [0.25, 0.3) is 0 Å². The summed E-state index contributed by atoms with van der Waals surface area (Å²) in [6, 6.07) is 8.21. The Kier molecular flexibility index (Phi) is 4.06. The van der Waals surface area contributed by atoms with Crippen molar-refractivity contribution >= 4 is 11.9 Å². The summed E-state index contributed by atoms with van der Waals surface area (Å²) in [4.78, 5) is 30.2. The van der Waals surface area contributed by atoms with Crippen molar-refractivity contribution in [3.63, 3.8) is 0 Å². The number of benzene rings is 1. The van der Waals surface area contributed by atoms with E-state index in [1.54, 1.807) is 9.80 Å². The molecule has 0 saturated carbocycles. The smallest absolute Gasteiger partial charge is 0.321 e. The molecule has 0 bridgehead atoms. The van der Waals surface area contributed by atoms with Crippen molar-refractivity contribution in [3.05, 3.63) is 35.4 Å². The molecule has 0 N–H and O–H groups in total. The molecule has 2 heterocycles. The van der Waals surface area contributed by atoms with Gasteiger partial charge in [0.05, 0.1) is 6.04 Å². The van der Waals surface area contributed by atoms with Gasteiger partial charge in [-0.25, -0.2) is 4.79 Å². The predicted octanol–water partition coefficient (Wildman–Crippen LogP) is 2.45. The highest BCUT2D eigenvalue weighted by atomic mass is 16.2. The van der Waals surface area contributed by atoms with Crippen LogP contribution in [0.15, 0.2) is 24.3 Å². The van der Waals surface area contributed by atoms with E-state index in [4.69, 9.17) is 0 Å². The zero-order chi connectivity index (χ0) is 17.6. The van der Waals surface area contributed by atoms with Gasteiger partial charge in [-0.2, -0.15) is 0 Å². The minimum atomic E-state index is -0.366. The van der Waals surface area contributed by atoms with E-state index < -0.39 is 0 Å². The number of carbonyl (C=O) groups excluding carboxylic acids is 2. The first-order valence-corrected chi connectivity index (χ1v) is 8.60. The van der Waals surface area contributed by atoms with Gasteiger partial charge in [0.2, 0.25) is 5.91 Å². The zero-order valence-corrected chi connectivity index (χ0v) is 15.2. The lowest BCUT2D eigenvalue weighted by Gasteiger charge is -2.38. The number of nitrogens with zero attached hydrogens (tertiary/aromatic N) is 3. The van der Waals surface area contributed by atoms with Crippen molar-refractivity contribution in [2.45, 2.75) is 51.7 Å². The van der Waals surface area contributed by atoms with Gasteiger partial charge < -0.3 is 14.7 Å². The van der Waals surface area contributed by atoms with Crippen molar-refractivity contribution in [1.82, 2.24) is 14.7 Å². The minimum absolute atomic E-state index is 0.0196. The molecule has 5 nitrogen and oxygen atoms in total. The maximum Gasteiger partial charge on any atom is 0.321 e. The van der Waals surface area contributed by atoms with Crippen LogP contribution in [-0.2, 0) is 16.8 Å². The Balaban J connectivity index is 1.73. The topological polar surface area (TPSA) is 43.9 Å². The Morgan fingerprint density at radius 2 is 1.71 bits per heavy atom. The number of hydrogen-bond donors (Lipinski definition) is 0. The van der Waals surface area contributed by atoms with Crippen LogP contribution < -0.4 is 0 Å². The summed E-state index contributed by atoms with van der Waals surface area (Å²) in [5.41, 5.74) is 2.55. The molecule has 0 unspecified atom stereocenters. The van der Waals surface area contributed by atoms with Gasteiger partial charge in [0.15, 0.2) is 0 Å². The van der Waals surface area contributed by atoms with Gasteiger partial charge in [-0.05, 0) is 23.5 Å². The Morgan fingerprint density at radius 3 is 2.29 bits per heavy atom. The largest absolute Gasteiger partial charge is 0.342 e. The summed E-state index contributed by atoms with van der Waals surface area (Å²) in [7, 11) is 1.81. The number of hydrogen-bond acceptors (Lipinski definition) is 2. The maximum atomic E-state index is 12.7. The van der Waals surface area contributed by atoms with E-state index in [0.29, 0.717) is 19.6 Å². The minimum Gasteiger partial charge on any atom is -0.342 e. The lowest BCUT2D eigenvalue weighted by molar-refractivity contribution is -0.139. The monoisotopic (exact) mass is 329 g/mol. The summed E-state index contributed by atoms with van der Waals surface area (Å²) >= 11 is 0.